The van der Waals surface area contributed by atoms with Gasteiger partial charge >= 0.3 is 11.9 Å². The van der Waals surface area contributed by atoms with Crippen LogP contribution >= 0.6 is 0 Å². The number of carboxylic acid groups (broad SMARTS) is 2. The number of carboxylic acids is 2. The van der Waals surface area contributed by atoms with Crippen molar-refractivity contribution in [3.63, 3.8) is 0 Å². The van der Waals surface area contributed by atoms with Crippen LogP contribution in [-0.4, -0.2) is 92.1 Å². The molecule has 5 unspecified atom stereocenters. The highest BCUT2D eigenvalue weighted by Crippen LogP contribution is 2.11. The molecule has 0 bridgehead atoms. The van der Waals surface area contributed by atoms with Gasteiger partial charge in [-0.15, -0.1) is 0 Å². The first-order valence-corrected chi connectivity index (χ1v) is 10.0. The van der Waals surface area contributed by atoms with E-state index in [1.165, 1.54) is 24.3 Å². The maximum absolute atomic E-state index is 12.6. The van der Waals surface area contributed by atoms with Gasteiger partial charge in [0.2, 0.25) is 17.7 Å². The van der Waals surface area contributed by atoms with E-state index in [-0.39, 0.29) is 12.2 Å². The quantitative estimate of drug-likeness (QED) is 0.134. The predicted molar refractivity (Wildman–Crippen MR) is 114 cm³/mol. The van der Waals surface area contributed by atoms with Crippen LogP contribution in [-0.2, 0) is 30.4 Å². The molecule has 3 amide bonds. The number of rotatable bonds is 13. The number of hydrogen-bond acceptors (Lipinski definition) is 9. The molecule has 5 atom stereocenters. The average molecular weight is 484 g/mol. The largest absolute Gasteiger partial charge is 0.508 e. The molecule has 10 N–H and O–H groups in total. The summed E-state index contributed by atoms with van der Waals surface area (Å²) in [6.45, 7) is 0.175. The maximum atomic E-state index is 12.6. The van der Waals surface area contributed by atoms with Gasteiger partial charge in [-0.25, -0.2) is 4.79 Å². The van der Waals surface area contributed by atoms with Crippen LogP contribution < -0.4 is 21.7 Å². The fourth-order valence-electron chi connectivity index (χ4n) is 2.75. The van der Waals surface area contributed by atoms with Crippen LogP contribution in [0.3, 0.4) is 0 Å². The summed E-state index contributed by atoms with van der Waals surface area (Å²) in [5.41, 5.74) is 6.45. The molecular weight excluding hydrogens is 456 g/mol. The first kappa shape index (κ1) is 28.3. The monoisotopic (exact) mass is 484 g/mol. The molecule has 1 aromatic carbocycles. The lowest BCUT2D eigenvalue weighted by molar-refractivity contribution is -0.144. The summed E-state index contributed by atoms with van der Waals surface area (Å²) < 4.78 is 0. The van der Waals surface area contributed by atoms with Gasteiger partial charge in [0, 0.05) is 0 Å². The number of carbonyl (C=O) groups excluding carboxylic acids is 3. The van der Waals surface area contributed by atoms with E-state index in [4.69, 9.17) is 21.1 Å². The van der Waals surface area contributed by atoms with Crippen molar-refractivity contribution in [2.24, 2.45) is 5.73 Å². The number of hydrogen-bond donors (Lipinski definition) is 9. The van der Waals surface area contributed by atoms with E-state index < -0.39 is 73.0 Å². The highest BCUT2D eigenvalue weighted by molar-refractivity contribution is 5.95. The summed E-state index contributed by atoms with van der Waals surface area (Å²) in [7, 11) is 0. The SMILES string of the molecule is CC(O)C(NC(=O)C(N)Cc1ccc(O)cc1)C(=O)NC(CC(=O)O)C(=O)NC(CO)C(=O)O. The van der Waals surface area contributed by atoms with Crippen LogP contribution in [0.25, 0.3) is 0 Å². The van der Waals surface area contributed by atoms with Crippen molar-refractivity contribution in [2.45, 2.75) is 50.0 Å². The number of aliphatic carboxylic acids is 2. The Morgan fingerprint density at radius 3 is 1.94 bits per heavy atom. The van der Waals surface area contributed by atoms with E-state index in [1.807, 2.05) is 10.6 Å². The van der Waals surface area contributed by atoms with Crippen molar-refractivity contribution >= 4 is 29.7 Å². The molecule has 1 rings (SSSR count). The second kappa shape index (κ2) is 13.1. The number of aliphatic hydroxyl groups is 2. The number of amides is 3. The maximum Gasteiger partial charge on any atom is 0.328 e. The molecule has 0 aromatic heterocycles. The first-order valence-electron chi connectivity index (χ1n) is 10.0. The molecule has 0 aliphatic rings. The molecule has 34 heavy (non-hydrogen) atoms. The number of nitrogens with two attached hydrogens (primary N) is 1. The zero-order valence-corrected chi connectivity index (χ0v) is 18.2. The van der Waals surface area contributed by atoms with Crippen LogP contribution in [0.5, 0.6) is 5.75 Å². The van der Waals surface area contributed by atoms with Crippen molar-refractivity contribution in [2.75, 3.05) is 6.61 Å². The Hall–Kier alpha value is -3.75. The third kappa shape index (κ3) is 9.01. The summed E-state index contributed by atoms with van der Waals surface area (Å²) in [5.74, 6) is -6.26. The van der Waals surface area contributed by atoms with Gasteiger partial charge in [-0.2, -0.15) is 0 Å². The Morgan fingerprint density at radius 2 is 1.47 bits per heavy atom. The summed E-state index contributed by atoms with van der Waals surface area (Å²) >= 11 is 0. The number of nitrogens with one attached hydrogen (secondary N) is 3. The van der Waals surface area contributed by atoms with Crippen LogP contribution in [0.1, 0.15) is 18.9 Å². The topological polar surface area (TPSA) is 249 Å². The van der Waals surface area contributed by atoms with Crippen LogP contribution in [0, 0.1) is 0 Å². The predicted octanol–water partition coefficient (Wildman–Crippen LogP) is -3.35. The zero-order valence-electron chi connectivity index (χ0n) is 18.2. The standard InChI is InChI=1S/C20H28N4O10/c1-9(26)16(24-17(30)12(21)6-10-2-4-11(27)5-3-10)19(32)22-13(7-15(28)29)18(31)23-14(8-25)20(33)34/h2-5,9,12-14,16,25-27H,6-8,21H2,1H3,(H,22,32)(H,23,31)(H,24,30)(H,28,29)(H,33,34). The van der Waals surface area contributed by atoms with E-state index in [9.17, 15) is 34.2 Å². The number of aliphatic hydroxyl groups excluding tert-OH is 2. The molecule has 14 nitrogen and oxygen atoms in total. The van der Waals surface area contributed by atoms with Gasteiger partial charge in [-0.3, -0.25) is 19.2 Å². The molecule has 0 saturated carbocycles. The van der Waals surface area contributed by atoms with Crippen molar-refractivity contribution in [1.29, 1.82) is 0 Å². The Labute approximate surface area is 193 Å². The van der Waals surface area contributed by atoms with Crippen LogP contribution in [0.15, 0.2) is 24.3 Å². The molecule has 0 heterocycles. The van der Waals surface area contributed by atoms with Crippen molar-refractivity contribution in [3.05, 3.63) is 29.8 Å². The number of carbonyl (C=O) groups is 5. The molecule has 0 aliphatic carbocycles. The molecule has 0 fully saturated rings. The molecule has 1 aromatic rings. The second-order valence-electron chi connectivity index (χ2n) is 7.44. The normalized spacial score (nSPS) is 15.2. The smallest absolute Gasteiger partial charge is 0.328 e. The number of phenols is 1. The second-order valence-corrected chi connectivity index (χ2v) is 7.44. The van der Waals surface area contributed by atoms with E-state index >= 15 is 0 Å². The van der Waals surface area contributed by atoms with Gasteiger partial charge in [0.25, 0.3) is 0 Å². The summed E-state index contributed by atoms with van der Waals surface area (Å²) in [6, 6.07) is -0.446. The minimum absolute atomic E-state index is 0.0150. The third-order valence-corrected chi connectivity index (χ3v) is 4.60. The number of phenolic OH excluding ortho intramolecular Hbond substituents is 1. The third-order valence-electron chi connectivity index (χ3n) is 4.60. The minimum Gasteiger partial charge on any atom is -0.508 e. The fourth-order valence-corrected chi connectivity index (χ4v) is 2.75. The van der Waals surface area contributed by atoms with Crippen molar-refractivity contribution in [3.8, 4) is 5.75 Å². The van der Waals surface area contributed by atoms with Crippen LogP contribution in [0.2, 0.25) is 0 Å². The van der Waals surface area contributed by atoms with E-state index in [2.05, 4.69) is 5.32 Å². The molecule has 0 radical (unpaired) electrons. The lowest BCUT2D eigenvalue weighted by Gasteiger charge is -2.25. The molecule has 0 saturated heterocycles. The number of benzene rings is 1. The molecule has 14 heteroatoms. The zero-order chi connectivity index (χ0) is 26.0. The lowest BCUT2D eigenvalue weighted by atomic mass is 10.0. The average Bonchev–Trinajstić information content (AvgIpc) is 2.75. The van der Waals surface area contributed by atoms with E-state index in [0.29, 0.717) is 5.56 Å². The Morgan fingerprint density at radius 1 is 0.912 bits per heavy atom. The van der Waals surface area contributed by atoms with E-state index in [1.54, 1.807) is 0 Å². The van der Waals surface area contributed by atoms with Gasteiger partial charge in [0.1, 0.15) is 23.9 Å². The van der Waals surface area contributed by atoms with Gasteiger partial charge < -0.3 is 47.2 Å². The fraction of sp³-hybridized carbons (Fsp3) is 0.450. The summed E-state index contributed by atoms with van der Waals surface area (Å²) in [5, 5.41) is 52.4. The number of aromatic hydroxyl groups is 1. The summed E-state index contributed by atoms with van der Waals surface area (Å²) in [4.78, 5) is 59.4. The highest BCUT2D eigenvalue weighted by atomic mass is 16.4. The first-order chi connectivity index (χ1) is 15.8. The molecular formula is C20H28N4O10. The Balaban J connectivity index is 2.90. The highest BCUT2D eigenvalue weighted by Gasteiger charge is 2.33. The summed E-state index contributed by atoms with van der Waals surface area (Å²) in [6.07, 6.45) is -2.40. The van der Waals surface area contributed by atoms with Gasteiger partial charge in [-0.05, 0) is 31.0 Å². The van der Waals surface area contributed by atoms with Crippen molar-refractivity contribution in [1.82, 2.24) is 16.0 Å². The van der Waals surface area contributed by atoms with Gasteiger partial charge in [-0.1, -0.05) is 12.1 Å². The van der Waals surface area contributed by atoms with E-state index in [0.717, 1.165) is 6.92 Å². The molecule has 0 spiro atoms. The van der Waals surface area contributed by atoms with Crippen LogP contribution in [0.4, 0.5) is 0 Å². The minimum atomic E-state index is -1.78. The molecule has 0 aliphatic heterocycles. The van der Waals surface area contributed by atoms with Gasteiger partial charge in [0.15, 0.2) is 0 Å². The Bertz CT molecular complexity index is 890. The lowest BCUT2D eigenvalue weighted by Crippen LogP contribution is -2.60. The molecule has 188 valence electrons. The van der Waals surface area contributed by atoms with Crippen molar-refractivity contribution < 1.29 is 49.5 Å². The van der Waals surface area contributed by atoms with Gasteiger partial charge in [0.05, 0.1) is 25.2 Å². The Kier molecular flexibility index (Phi) is 10.9.